The molecule has 104 valence electrons. The Morgan fingerprint density at radius 3 is 2.70 bits per heavy atom. The van der Waals surface area contributed by atoms with E-state index in [2.05, 4.69) is 28.8 Å². The van der Waals surface area contributed by atoms with Crippen LogP contribution >= 0.6 is 0 Å². The third kappa shape index (κ3) is 2.75. The normalized spacial score (nSPS) is 10.3. The summed E-state index contributed by atoms with van der Waals surface area (Å²) in [6.45, 7) is 6.04. The molecule has 0 atom stereocenters. The first kappa shape index (κ1) is 14.0. The van der Waals surface area contributed by atoms with E-state index in [0.717, 1.165) is 24.2 Å². The fourth-order valence-electron chi connectivity index (χ4n) is 2.24. The van der Waals surface area contributed by atoms with Gasteiger partial charge in [0, 0.05) is 41.2 Å². The quantitative estimate of drug-likeness (QED) is 0.362. The van der Waals surface area contributed by atoms with Gasteiger partial charge in [0.1, 0.15) is 5.58 Å². The third-order valence-corrected chi connectivity index (χ3v) is 3.25. The van der Waals surface area contributed by atoms with Crippen molar-refractivity contribution in [3.05, 3.63) is 50.7 Å². The standard InChI is InChI=1S/C14H16N4O2/c1-3-18(4-2)11-5-6-12-10(9-16-17-15)7-14(19)20-13(12)8-11/h5-8H,3-4,9H2,1-2H3. The minimum absolute atomic E-state index is 0.142. The van der Waals surface area contributed by atoms with Crippen molar-refractivity contribution < 1.29 is 4.42 Å². The highest BCUT2D eigenvalue weighted by Crippen LogP contribution is 2.24. The average molecular weight is 272 g/mol. The lowest BCUT2D eigenvalue weighted by Crippen LogP contribution is -2.21. The molecule has 2 aromatic rings. The topological polar surface area (TPSA) is 82.2 Å². The summed E-state index contributed by atoms with van der Waals surface area (Å²) in [4.78, 5) is 16.5. The van der Waals surface area contributed by atoms with Crippen LogP contribution in [0.2, 0.25) is 0 Å². The summed E-state index contributed by atoms with van der Waals surface area (Å²) in [5, 5.41) is 4.31. The molecule has 0 N–H and O–H groups in total. The Morgan fingerprint density at radius 2 is 2.05 bits per heavy atom. The van der Waals surface area contributed by atoms with Crippen LogP contribution in [0.4, 0.5) is 5.69 Å². The van der Waals surface area contributed by atoms with E-state index < -0.39 is 5.63 Å². The second kappa shape index (κ2) is 6.12. The van der Waals surface area contributed by atoms with Gasteiger partial charge < -0.3 is 9.32 Å². The zero-order chi connectivity index (χ0) is 14.5. The Morgan fingerprint density at radius 1 is 1.30 bits per heavy atom. The molecule has 0 fully saturated rings. The molecule has 0 saturated carbocycles. The summed E-state index contributed by atoms with van der Waals surface area (Å²) in [5.74, 6) is 0. The molecule has 0 radical (unpaired) electrons. The predicted molar refractivity (Wildman–Crippen MR) is 78.9 cm³/mol. The minimum atomic E-state index is -0.433. The second-order valence-electron chi connectivity index (χ2n) is 4.33. The van der Waals surface area contributed by atoms with E-state index in [1.165, 1.54) is 6.07 Å². The highest BCUT2D eigenvalue weighted by atomic mass is 16.4. The van der Waals surface area contributed by atoms with Gasteiger partial charge in [-0.3, -0.25) is 0 Å². The number of benzene rings is 1. The average Bonchev–Trinajstić information content (AvgIpc) is 2.45. The Bertz CT molecular complexity index is 713. The van der Waals surface area contributed by atoms with Crippen molar-refractivity contribution in [2.24, 2.45) is 5.11 Å². The van der Waals surface area contributed by atoms with Crippen molar-refractivity contribution in [2.45, 2.75) is 20.4 Å². The number of hydrogen-bond acceptors (Lipinski definition) is 4. The van der Waals surface area contributed by atoms with E-state index in [-0.39, 0.29) is 6.54 Å². The first-order chi connectivity index (χ1) is 9.69. The van der Waals surface area contributed by atoms with Crippen LogP contribution in [0.3, 0.4) is 0 Å². The molecule has 0 aliphatic heterocycles. The largest absolute Gasteiger partial charge is 0.423 e. The second-order valence-corrected chi connectivity index (χ2v) is 4.33. The molecule has 6 nitrogen and oxygen atoms in total. The van der Waals surface area contributed by atoms with Crippen LogP contribution in [0.25, 0.3) is 21.4 Å². The van der Waals surface area contributed by atoms with Gasteiger partial charge in [-0.25, -0.2) is 4.79 Å². The van der Waals surface area contributed by atoms with E-state index in [9.17, 15) is 4.79 Å². The smallest absolute Gasteiger partial charge is 0.336 e. The summed E-state index contributed by atoms with van der Waals surface area (Å²) in [7, 11) is 0. The molecular weight excluding hydrogens is 256 g/mol. The first-order valence-electron chi connectivity index (χ1n) is 6.52. The molecule has 0 aliphatic carbocycles. The molecule has 0 spiro atoms. The van der Waals surface area contributed by atoms with Crippen molar-refractivity contribution >= 4 is 16.7 Å². The molecule has 0 amide bonds. The molecule has 1 heterocycles. The maximum Gasteiger partial charge on any atom is 0.336 e. The van der Waals surface area contributed by atoms with Gasteiger partial charge in [0.2, 0.25) is 0 Å². The Labute approximate surface area is 116 Å². The molecule has 0 bridgehead atoms. The first-order valence-corrected chi connectivity index (χ1v) is 6.52. The van der Waals surface area contributed by atoms with Crippen molar-refractivity contribution in [3.63, 3.8) is 0 Å². The molecule has 1 aromatic heterocycles. The van der Waals surface area contributed by atoms with Crippen LogP contribution in [0.15, 0.2) is 38.6 Å². The molecule has 2 rings (SSSR count). The van der Waals surface area contributed by atoms with Crippen molar-refractivity contribution in [1.29, 1.82) is 0 Å². The number of fused-ring (bicyclic) bond motifs is 1. The lowest BCUT2D eigenvalue weighted by molar-refractivity contribution is 0.559. The van der Waals surface area contributed by atoms with Crippen LogP contribution in [0, 0.1) is 0 Å². The van der Waals surface area contributed by atoms with Gasteiger partial charge >= 0.3 is 5.63 Å². The van der Waals surface area contributed by atoms with E-state index in [1.807, 2.05) is 18.2 Å². The van der Waals surface area contributed by atoms with Gasteiger partial charge in [0.05, 0.1) is 6.54 Å². The molecule has 20 heavy (non-hydrogen) atoms. The van der Waals surface area contributed by atoms with E-state index in [1.54, 1.807) is 0 Å². The van der Waals surface area contributed by atoms with Crippen molar-refractivity contribution in [1.82, 2.24) is 0 Å². The number of anilines is 1. The number of azide groups is 1. The number of hydrogen-bond donors (Lipinski definition) is 0. The van der Waals surface area contributed by atoms with Gasteiger partial charge in [-0.2, -0.15) is 0 Å². The van der Waals surface area contributed by atoms with Gasteiger partial charge in [-0.15, -0.1) is 0 Å². The predicted octanol–water partition coefficient (Wildman–Crippen LogP) is 3.45. The third-order valence-electron chi connectivity index (χ3n) is 3.25. The van der Waals surface area contributed by atoms with Crippen molar-refractivity contribution in [3.8, 4) is 0 Å². The highest BCUT2D eigenvalue weighted by Gasteiger charge is 2.08. The fraction of sp³-hybridized carbons (Fsp3) is 0.357. The summed E-state index contributed by atoms with van der Waals surface area (Å²) in [6, 6.07) is 7.10. The van der Waals surface area contributed by atoms with Crippen molar-refractivity contribution in [2.75, 3.05) is 18.0 Å². The highest BCUT2D eigenvalue weighted by molar-refractivity contribution is 5.83. The summed E-state index contributed by atoms with van der Waals surface area (Å²) < 4.78 is 5.25. The van der Waals surface area contributed by atoms with Crippen LogP contribution in [0.5, 0.6) is 0 Å². The monoisotopic (exact) mass is 272 g/mol. The van der Waals surface area contributed by atoms with Gasteiger partial charge in [-0.05, 0) is 37.1 Å². The Kier molecular flexibility index (Phi) is 4.27. The van der Waals surface area contributed by atoms with Gasteiger partial charge in [-0.1, -0.05) is 5.11 Å². The Balaban J connectivity index is 2.58. The maximum absolute atomic E-state index is 11.6. The fourth-order valence-corrected chi connectivity index (χ4v) is 2.24. The molecule has 0 aliphatic rings. The van der Waals surface area contributed by atoms with Gasteiger partial charge in [0.15, 0.2) is 0 Å². The summed E-state index contributed by atoms with van der Waals surface area (Å²) in [6.07, 6.45) is 0. The van der Waals surface area contributed by atoms with Crippen LogP contribution in [-0.4, -0.2) is 13.1 Å². The van der Waals surface area contributed by atoms with E-state index in [0.29, 0.717) is 11.1 Å². The molecular formula is C14H16N4O2. The maximum atomic E-state index is 11.6. The molecule has 1 aromatic carbocycles. The number of rotatable bonds is 5. The van der Waals surface area contributed by atoms with Crippen LogP contribution in [-0.2, 0) is 6.54 Å². The van der Waals surface area contributed by atoms with Gasteiger partial charge in [0.25, 0.3) is 0 Å². The zero-order valence-electron chi connectivity index (χ0n) is 11.5. The lowest BCUT2D eigenvalue weighted by Gasteiger charge is -2.21. The summed E-state index contributed by atoms with van der Waals surface area (Å²) in [5.41, 5.74) is 10.2. The minimum Gasteiger partial charge on any atom is -0.423 e. The van der Waals surface area contributed by atoms with Crippen LogP contribution < -0.4 is 10.5 Å². The lowest BCUT2D eigenvalue weighted by atomic mass is 10.1. The summed E-state index contributed by atoms with van der Waals surface area (Å²) >= 11 is 0. The Hall–Kier alpha value is -2.46. The van der Waals surface area contributed by atoms with Crippen LogP contribution in [0.1, 0.15) is 19.4 Å². The van der Waals surface area contributed by atoms with E-state index >= 15 is 0 Å². The number of nitrogens with zero attached hydrogens (tertiary/aromatic N) is 4. The molecule has 0 unspecified atom stereocenters. The SMILES string of the molecule is CCN(CC)c1ccc2c(CN=[N+]=[N-])cc(=O)oc2c1. The zero-order valence-corrected chi connectivity index (χ0v) is 11.5. The molecule has 0 saturated heterocycles. The molecule has 6 heteroatoms. The van der Waals surface area contributed by atoms with E-state index in [4.69, 9.17) is 9.95 Å².